The molecule has 0 aliphatic carbocycles. The van der Waals surface area contributed by atoms with Crippen molar-refractivity contribution >= 4 is 17.5 Å². The Labute approximate surface area is 170 Å². The molecule has 3 aromatic rings. The number of anilines is 1. The zero-order valence-corrected chi connectivity index (χ0v) is 16.4. The summed E-state index contributed by atoms with van der Waals surface area (Å²) in [5.41, 5.74) is 3.49. The minimum Gasteiger partial charge on any atom is -0.380 e. The molecule has 0 fully saturated rings. The van der Waals surface area contributed by atoms with Crippen molar-refractivity contribution in [2.24, 2.45) is 0 Å². The van der Waals surface area contributed by atoms with Gasteiger partial charge in [0.05, 0.1) is 17.9 Å². The molecule has 0 bridgehead atoms. The molecular weight excluding hydrogens is 364 g/mol. The maximum absolute atomic E-state index is 12.7. The summed E-state index contributed by atoms with van der Waals surface area (Å²) in [4.78, 5) is 25.3. The summed E-state index contributed by atoms with van der Waals surface area (Å²) < 4.78 is 5.12. The summed E-state index contributed by atoms with van der Waals surface area (Å²) >= 11 is 0. The number of ether oxygens (including phenoxy) is 1. The molecule has 0 aromatic heterocycles. The Morgan fingerprint density at radius 1 is 0.828 bits per heavy atom. The van der Waals surface area contributed by atoms with Gasteiger partial charge in [0, 0.05) is 19.2 Å². The Morgan fingerprint density at radius 3 is 2.34 bits per heavy atom. The van der Waals surface area contributed by atoms with E-state index in [1.807, 2.05) is 42.5 Å². The van der Waals surface area contributed by atoms with Crippen LogP contribution in [0.1, 0.15) is 31.8 Å². The molecule has 0 spiro atoms. The number of para-hydroxylation sites is 1. The molecule has 3 aromatic carbocycles. The molecule has 0 saturated heterocycles. The number of carbonyl (C=O) groups excluding carboxylic acids is 2. The van der Waals surface area contributed by atoms with Crippen LogP contribution in [-0.4, -0.2) is 25.5 Å². The maximum atomic E-state index is 12.7. The van der Waals surface area contributed by atoms with E-state index in [-0.39, 0.29) is 11.8 Å². The van der Waals surface area contributed by atoms with E-state index in [4.69, 9.17) is 4.74 Å². The quantitative estimate of drug-likeness (QED) is 0.612. The fourth-order valence-corrected chi connectivity index (χ4v) is 3.01. The first-order chi connectivity index (χ1) is 14.2. The van der Waals surface area contributed by atoms with Gasteiger partial charge in [0.2, 0.25) is 0 Å². The van der Waals surface area contributed by atoms with Gasteiger partial charge in [-0.1, -0.05) is 54.6 Å². The van der Waals surface area contributed by atoms with Crippen LogP contribution in [0.5, 0.6) is 0 Å². The van der Waals surface area contributed by atoms with Crippen molar-refractivity contribution in [3.63, 3.8) is 0 Å². The van der Waals surface area contributed by atoms with Gasteiger partial charge in [0.1, 0.15) is 0 Å². The average Bonchev–Trinajstić information content (AvgIpc) is 2.75. The van der Waals surface area contributed by atoms with Crippen LogP contribution in [0.4, 0.5) is 5.69 Å². The Balaban J connectivity index is 1.65. The van der Waals surface area contributed by atoms with Crippen molar-refractivity contribution in [1.82, 2.24) is 5.32 Å². The summed E-state index contributed by atoms with van der Waals surface area (Å²) in [6.07, 6.45) is 0.743. The van der Waals surface area contributed by atoms with Crippen molar-refractivity contribution in [2.75, 3.05) is 19.0 Å². The first-order valence-electron chi connectivity index (χ1n) is 9.48. The monoisotopic (exact) mass is 388 g/mol. The zero-order chi connectivity index (χ0) is 20.5. The van der Waals surface area contributed by atoms with Gasteiger partial charge in [-0.05, 0) is 41.8 Å². The van der Waals surface area contributed by atoms with E-state index in [0.717, 1.165) is 17.5 Å². The zero-order valence-electron chi connectivity index (χ0n) is 16.4. The second-order valence-corrected chi connectivity index (χ2v) is 6.62. The highest BCUT2D eigenvalue weighted by molar-refractivity contribution is 6.09. The fraction of sp³-hybridized carbons (Fsp3) is 0.167. The van der Waals surface area contributed by atoms with E-state index in [1.165, 1.54) is 0 Å². The van der Waals surface area contributed by atoms with Crippen LogP contribution in [0.25, 0.3) is 0 Å². The van der Waals surface area contributed by atoms with E-state index in [9.17, 15) is 9.59 Å². The number of nitrogens with one attached hydrogen (secondary N) is 2. The summed E-state index contributed by atoms with van der Waals surface area (Å²) in [6.45, 7) is 0.950. The van der Waals surface area contributed by atoms with Crippen molar-refractivity contribution in [2.45, 2.75) is 13.0 Å². The molecule has 0 atom stereocenters. The molecule has 0 aliphatic rings. The molecule has 2 N–H and O–H groups in total. The Morgan fingerprint density at radius 2 is 1.55 bits per heavy atom. The Bertz CT molecular complexity index is 971. The topological polar surface area (TPSA) is 67.4 Å². The normalized spacial score (nSPS) is 10.4. The molecule has 0 radical (unpaired) electrons. The number of benzene rings is 3. The van der Waals surface area contributed by atoms with Crippen LogP contribution in [-0.2, 0) is 17.8 Å². The van der Waals surface area contributed by atoms with Gasteiger partial charge in [-0.25, -0.2) is 0 Å². The SMILES string of the molecule is COCc1cccc(C(=O)Nc2ccccc2C(=O)NCCc2ccccc2)c1. The number of methoxy groups -OCH3 is 1. The predicted molar refractivity (Wildman–Crippen MR) is 114 cm³/mol. The number of carbonyl (C=O) groups is 2. The smallest absolute Gasteiger partial charge is 0.255 e. The van der Waals surface area contributed by atoms with Crippen LogP contribution in [0.3, 0.4) is 0 Å². The van der Waals surface area contributed by atoms with E-state index in [2.05, 4.69) is 10.6 Å². The first-order valence-corrected chi connectivity index (χ1v) is 9.48. The van der Waals surface area contributed by atoms with Gasteiger partial charge in [-0.2, -0.15) is 0 Å². The minimum atomic E-state index is -0.271. The molecule has 5 nitrogen and oxygen atoms in total. The van der Waals surface area contributed by atoms with Crippen LogP contribution in [0, 0.1) is 0 Å². The summed E-state index contributed by atoms with van der Waals surface area (Å²) in [5.74, 6) is -0.488. The number of hydrogen-bond acceptors (Lipinski definition) is 3. The average molecular weight is 388 g/mol. The second kappa shape index (κ2) is 10.2. The maximum Gasteiger partial charge on any atom is 0.255 e. The van der Waals surface area contributed by atoms with Crippen molar-refractivity contribution in [3.05, 3.63) is 101 Å². The summed E-state index contributed by atoms with van der Waals surface area (Å²) in [6, 6.07) is 24.2. The first kappa shape index (κ1) is 20.3. The molecule has 0 heterocycles. The molecule has 0 saturated carbocycles. The number of amides is 2. The molecule has 148 valence electrons. The highest BCUT2D eigenvalue weighted by atomic mass is 16.5. The van der Waals surface area contributed by atoms with Gasteiger partial charge >= 0.3 is 0 Å². The number of rotatable bonds is 8. The number of hydrogen-bond donors (Lipinski definition) is 2. The highest BCUT2D eigenvalue weighted by Gasteiger charge is 2.14. The molecule has 0 unspecified atom stereocenters. The largest absolute Gasteiger partial charge is 0.380 e. The third-order valence-corrected chi connectivity index (χ3v) is 4.46. The van der Waals surface area contributed by atoms with Crippen molar-refractivity contribution < 1.29 is 14.3 Å². The van der Waals surface area contributed by atoms with Crippen molar-refractivity contribution in [1.29, 1.82) is 0 Å². The van der Waals surface area contributed by atoms with E-state index < -0.39 is 0 Å². The summed E-state index contributed by atoms with van der Waals surface area (Å²) in [5, 5.41) is 5.76. The van der Waals surface area contributed by atoms with Gasteiger partial charge in [-0.3, -0.25) is 9.59 Å². The highest BCUT2D eigenvalue weighted by Crippen LogP contribution is 2.17. The molecular formula is C24H24N2O3. The Kier molecular flexibility index (Phi) is 7.14. The standard InChI is InChI=1S/C24H24N2O3/c1-29-17-19-10-7-11-20(16-19)23(27)26-22-13-6-5-12-21(22)24(28)25-15-14-18-8-3-2-4-9-18/h2-13,16H,14-15,17H2,1H3,(H,25,28)(H,26,27). The lowest BCUT2D eigenvalue weighted by atomic mass is 10.1. The molecule has 0 aliphatic heterocycles. The Hall–Kier alpha value is -3.44. The minimum absolute atomic E-state index is 0.218. The lowest BCUT2D eigenvalue weighted by Gasteiger charge is -2.12. The molecule has 3 rings (SSSR count). The van der Waals surface area contributed by atoms with Gasteiger partial charge in [0.25, 0.3) is 11.8 Å². The predicted octanol–water partition coefficient (Wildman–Crippen LogP) is 4.06. The molecule has 5 heteroatoms. The lowest BCUT2D eigenvalue weighted by Crippen LogP contribution is -2.27. The second-order valence-electron chi connectivity index (χ2n) is 6.62. The van der Waals surface area contributed by atoms with Gasteiger partial charge in [0.15, 0.2) is 0 Å². The van der Waals surface area contributed by atoms with Crippen LogP contribution in [0.2, 0.25) is 0 Å². The molecule has 2 amide bonds. The van der Waals surface area contributed by atoms with Crippen LogP contribution >= 0.6 is 0 Å². The molecule has 29 heavy (non-hydrogen) atoms. The fourth-order valence-electron chi connectivity index (χ4n) is 3.01. The van der Waals surface area contributed by atoms with Gasteiger partial charge in [-0.15, -0.1) is 0 Å². The summed E-state index contributed by atoms with van der Waals surface area (Å²) in [7, 11) is 1.61. The lowest BCUT2D eigenvalue weighted by molar-refractivity contribution is 0.0955. The third kappa shape index (κ3) is 5.77. The van der Waals surface area contributed by atoms with E-state index >= 15 is 0 Å². The van der Waals surface area contributed by atoms with Crippen molar-refractivity contribution in [3.8, 4) is 0 Å². The van der Waals surface area contributed by atoms with E-state index in [0.29, 0.717) is 30.0 Å². The van der Waals surface area contributed by atoms with E-state index in [1.54, 1.807) is 43.5 Å². The van der Waals surface area contributed by atoms with Crippen LogP contribution < -0.4 is 10.6 Å². The van der Waals surface area contributed by atoms with Gasteiger partial charge < -0.3 is 15.4 Å². The third-order valence-electron chi connectivity index (χ3n) is 4.46. The van der Waals surface area contributed by atoms with Crippen LogP contribution in [0.15, 0.2) is 78.9 Å².